The van der Waals surface area contributed by atoms with Crippen LogP contribution in [0.25, 0.3) is 0 Å². The number of aromatic nitrogens is 2. The maximum Gasteiger partial charge on any atom is 0.275 e. The maximum absolute atomic E-state index is 12.0. The molecular weight excluding hydrogens is 256 g/mol. The predicted molar refractivity (Wildman–Crippen MR) is 75.7 cm³/mol. The minimum Gasteiger partial charge on any atom is -0.335 e. The number of nitrogens with two attached hydrogens (primary N) is 1. The van der Waals surface area contributed by atoms with E-state index in [1.807, 2.05) is 0 Å². The van der Waals surface area contributed by atoms with Gasteiger partial charge in [-0.1, -0.05) is 12.1 Å². The van der Waals surface area contributed by atoms with Crippen molar-refractivity contribution in [1.82, 2.24) is 9.55 Å². The molecule has 0 aliphatic heterocycles. The Bertz CT molecular complexity index is 634. The molecule has 0 radical (unpaired) electrons. The van der Waals surface area contributed by atoms with Crippen molar-refractivity contribution in [3.8, 4) is 0 Å². The number of ketones is 1. The van der Waals surface area contributed by atoms with E-state index >= 15 is 0 Å². The van der Waals surface area contributed by atoms with Crippen LogP contribution in [0.4, 0.5) is 5.69 Å². The molecule has 0 unspecified atom stereocenters. The van der Waals surface area contributed by atoms with Crippen molar-refractivity contribution < 1.29 is 9.59 Å². The van der Waals surface area contributed by atoms with Crippen LogP contribution in [0, 0.1) is 0 Å². The molecule has 6 heteroatoms. The lowest BCUT2D eigenvalue weighted by atomic mass is 10.1. The van der Waals surface area contributed by atoms with Gasteiger partial charge in [-0.2, -0.15) is 0 Å². The van der Waals surface area contributed by atoms with E-state index in [-0.39, 0.29) is 11.7 Å². The minimum absolute atomic E-state index is 0.0478. The van der Waals surface area contributed by atoms with Gasteiger partial charge in [-0.3, -0.25) is 9.59 Å². The van der Waals surface area contributed by atoms with Crippen molar-refractivity contribution in [3.05, 3.63) is 48.0 Å². The molecule has 0 bridgehead atoms. The van der Waals surface area contributed by atoms with Crippen LogP contribution in [0.1, 0.15) is 27.8 Å². The molecule has 0 aliphatic carbocycles. The van der Waals surface area contributed by atoms with Crippen LogP contribution in [0.5, 0.6) is 0 Å². The normalized spacial score (nSPS) is 10.3. The molecule has 104 valence electrons. The van der Waals surface area contributed by atoms with E-state index in [4.69, 9.17) is 5.73 Å². The summed E-state index contributed by atoms with van der Waals surface area (Å²) in [6.45, 7) is 2.58. The van der Waals surface area contributed by atoms with E-state index in [0.717, 1.165) is 0 Å². The summed E-state index contributed by atoms with van der Waals surface area (Å²) in [5.74, 6) is -0.366. The van der Waals surface area contributed by atoms with Crippen LogP contribution in [-0.2, 0) is 6.54 Å². The zero-order valence-corrected chi connectivity index (χ0v) is 11.2. The van der Waals surface area contributed by atoms with Crippen LogP contribution >= 0.6 is 0 Å². The van der Waals surface area contributed by atoms with Crippen molar-refractivity contribution in [1.29, 1.82) is 0 Å². The second-order valence-electron chi connectivity index (χ2n) is 4.38. The lowest BCUT2D eigenvalue weighted by Crippen LogP contribution is -2.13. The topological polar surface area (TPSA) is 90.0 Å². The second-order valence-corrected chi connectivity index (χ2v) is 4.38. The molecule has 0 saturated heterocycles. The van der Waals surface area contributed by atoms with E-state index in [1.165, 1.54) is 6.92 Å². The van der Waals surface area contributed by atoms with Gasteiger partial charge < -0.3 is 15.6 Å². The first kappa shape index (κ1) is 14.0. The number of imidazole rings is 1. The summed E-state index contributed by atoms with van der Waals surface area (Å²) in [5, 5.41) is 2.71. The third-order valence-corrected chi connectivity index (χ3v) is 2.78. The Hall–Kier alpha value is -2.47. The number of amides is 1. The number of hydrogen-bond acceptors (Lipinski definition) is 4. The monoisotopic (exact) mass is 272 g/mol. The number of nitrogens with zero attached hydrogens (tertiary/aromatic N) is 2. The molecule has 0 atom stereocenters. The fraction of sp³-hybridized carbons (Fsp3) is 0.214. The van der Waals surface area contributed by atoms with Gasteiger partial charge in [0.05, 0.1) is 6.33 Å². The Balaban J connectivity index is 2.10. The van der Waals surface area contributed by atoms with Crippen molar-refractivity contribution in [3.63, 3.8) is 0 Å². The maximum atomic E-state index is 12.0. The first-order chi connectivity index (χ1) is 9.60. The Morgan fingerprint density at radius 1 is 1.40 bits per heavy atom. The van der Waals surface area contributed by atoms with Gasteiger partial charge in [-0.05, 0) is 19.1 Å². The molecule has 0 saturated carbocycles. The molecule has 2 aromatic rings. The summed E-state index contributed by atoms with van der Waals surface area (Å²) in [5.41, 5.74) is 6.86. The van der Waals surface area contributed by atoms with Crippen molar-refractivity contribution in [2.75, 3.05) is 11.9 Å². The van der Waals surface area contributed by atoms with E-state index in [0.29, 0.717) is 30.0 Å². The van der Waals surface area contributed by atoms with Gasteiger partial charge >= 0.3 is 0 Å². The molecular formula is C14H16N4O2. The van der Waals surface area contributed by atoms with E-state index in [1.54, 1.807) is 41.4 Å². The molecule has 2 rings (SSSR count). The molecule has 6 nitrogen and oxygen atoms in total. The first-order valence-electron chi connectivity index (χ1n) is 6.24. The van der Waals surface area contributed by atoms with Crippen molar-refractivity contribution in [2.45, 2.75) is 13.5 Å². The summed E-state index contributed by atoms with van der Waals surface area (Å²) < 4.78 is 1.75. The molecule has 0 spiro atoms. The number of carbonyl (C=O) groups excluding carboxylic acids is 2. The highest BCUT2D eigenvalue weighted by atomic mass is 16.2. The third-order valence-electron chi connectivity index (χ3n) is 2.78. The fourth-order valence-electron chi connectivity index (χ4n) is 1.76. The fourth-order valence-corrected chi connectivity index (χ4v) is 1.76. The van der Waals surface area contributed by atoms with Crippen LogP contribution in [0.2, 0.25) is 0 Å². The van der Waals surface area contributed by atoms with Gasteiger partial charge in [0.2, 0.25) is 0 Å². The standard InChI is InChI=1S/C14H16N4O2/c1-10(19)11-3-2-4-12(7-11)17-14(20)13-8-18(6-5-15)9-16-13/h2-4,7-9H,5-6,15H2,1H3,(H,17,20). The van der Waals surface area contributed by atoms with Crippen molar-refractivity contribution in [2.24, 2.45) is 5.73 Å². The SMILES string of the molecule is CC(=O)c1cccc(NC(=O)c2cn(CCN)cn2)c1. The quantitative estimate of drug-likeness (QED) is 0.803. The van der Waals surface area contributed by atoms with Gasteiger partial charge in [0, 0.05) is 30.5 Å². The zero-order chi connectivity index (χ0) is 14.5. The molecule has 3 N–H and O–H groups in total. The molecule has 1 aromatic heterocycles. The van der Waals surface area contributed by atoms with Gasteiger partial charge in [0.25, 0.3) is 5.91 Å². The third kappa shape index (κ3) is 3.30. The molecule has 0 aliphatic rings. The highest BCUT2D eigenvalue weighted by molar-refractivity contribution is 6.03. The molecule has 0 fully saturated rings. The molecule has 1 aromatic carbocycles. The van der Waals surface area contributed by atoms with Crippen LogP contribution < -0.4 is 11.1 Å². The van der Waals surface area contributed by atoms with Crippen molar-refractivity contribution >= 4 is 17.4 Å². The van der Waals surface area contributed by atoms with Gasteiger partial charge in [-0.25, -0.2) is 4.98 Å². The molecule has 20 heavy (non-hydrogen) atoms. The number of rotatable bonds is 5. The lowest BCUT2D eigenvalue weighted by Gasteiger charge is -2.04. The number of benzene rings is 1. The highest BCUT2D eigenvalue weighted by Crippen LogP contribution is 2.12. The van der Waals surface area contributed by atoms with Gasteiger partial charge in [0.15, 0.2) is 5.78 Å². The summed E-state index contributed by atoms with van der Waals surface area (Å²) in [4.78, 5) is 27.3. The second kappa shape index (κ2) is 6.12. The van der Waals surface area contributed by atoms with E-state index < -0.39 is 0 Å². The number of nitrogens with one attached hydrogen (secondary N) is 1. The Kier molecular flexibility index (Phi) is 4.27. The minimum atomic E-state index is -0.318. The average molecular weight is 272 g/mol. The number of anilines is 1. The Labute approximate surface area is 116 Å². The zero-order valence-electron chi connectivity index (χ0n) is 11.2. The lowest BCUT2D eigenvalue weighted by molar-refractivity contribution is 0.100. The van der Waals surface area contributed by atoms with E-state index in [9.17, 15) is 9.59 Å². The van der Waals surface area contributed by atoms with E-state index in [2.05, 4.69) is 10.3 Å². The van der Waals surface area contributed by atoms with Crippen LogP contribution in [-0.4, -0.2) is 27.8 Å². The summed E-state index contributed by atoms with van der Waals surface area (Å²) in [6, 6.07) is 6.78. The summed E-state index contributed by atoms with van der Waals surface area (Å²) in [6.07, 6.45) is 3.20. The smallest absolute Gasteiger partial charge is 0.275 e. The van der Waals surface area contributed by atoms with Gasteiger partial charge in [0.1, 0.15) is 5.69 Å². The average Bonchev–Trinajstić information content (AvgIpc) is 2.88. The first-order valence-corrected chi connectivity index (χ1v) is 6.24. The number of Topliss-reactive ketones (excluding diaryl/α,β-unsaturated/α-hetero) is 1. The molecule has 1 amide bonds. The number of carbonyl (C=O) groups is 2. The van der Waals surface area contributed by atoms with Crippen LogP contribution in [0.3, 0.4) is 0 Å². The largest absolute Gasteiger partial charge is 0.335 e. The summed E-state index contributed by atoms with van der Waals surface area (Å²) >= 11 is 0. The Morgan fingerprint density at radius 2 is 2.20 bits per heavy atom. The summed E-state index contributed by atoms with van der Waals surface area (Å²) in [7, 11) is 0. The number of hydrogen-bond donors (Lipinski definition) is 2. The molecule has 1 heterocycles. The predicted octanol–water partition coefficient (Wildman–Crippen LogP) is 1.30. The van der Waals surface area contributed by atoms with Gasteiger partial charge in [-0.15, -0.1) is 0 Å². The highest BCUT2D eigenvalue weighted by Gasteiger charge is 2.10. The van der Waals surface area contributed by atoms with Crippen LogP contribution in [0.15, 0.2) is 36.8 Å². The Morgan fingerprint density at radius 3 is 2.90 bits per heavy atom.